The maximum atomic E-state index is 12.9. The zero-order valence-corrected chi connectivity index (χ0v) is 19.8. The average molecular weight is 491 g/mol. The van der Waals surface area contributed by atoms with E-state index in [-0.39, 0.29) is 25.4 Å². The number of hydrogen-bond acceptors (Lipinski definition) is 5. The van der Waals surface area contributed by atoms with Gasteiger partial charge in [0.25, 0.3) is 0 Å². The molecule has 2 atom stereocenters. The van der Waals surface area contributed by atoms with Crippen LogP contribution in [0.25, 0.3) is 11.1 Å². The van der Waals surface area contributed by atoms with E-state index in [9.17, 15) is 19.5 Å². The number of amides is 2. The molecule has 4 rings (SSSR count). The molecule has 2 amide bonds. The summed E-state index contributed by atoms with van der Waals surface area (Å²) < 4.78 is 5.55. The minimum Gasteiger partial charge on any atom is -0.481 e. The van der Waals surface area contributed by atoms with Gasteiger partial charge in [-0.1, -0.05) is 60.7 Å². The summed E-state index contributed by atoms with van der Waals surface area (Å²) in [5.41, 5.74) is 4.43. The third kappa shape index (κ3) is 5.60. The predicted molar refractivity (Wildman–Crippen MR) is 134 cm³/mol. The Morgan fingerprint density at radius 2 is 1.66 bits per heavy atom. The van der Waals surface area contributed by atoms with Crippen LogP contribution < -0.4 is 10.6 Å². The zero-order chi connectivity index (χ0) is 24.8. The van der Waals surface area contributed by atoms with Gasteiger partial charge in [-0.2, -0.15) is 0 Å². The van der Waals surface area contributed by atoms with E-state index in [4.69, 9.17) is 4.74 Å². The molecular formula is C27H26N2O5S. The molecule has 0 aliphatic heterocycles. The summed E-state index contributed by atoms with van der Waals surface area (Å²) in [4.78, 5) is 37.6. The fraction of sp³-hybridized carbons (Fsp3) is 0.222. The monoisotopic (exact) mass is 490 g/mol. The number of nitrogens with one attached hydrogen (secondary N) is 2. The fourth-order valence-electron chi connectivity index (χ4n) is 4.34. The van der Waals surface area contributed by atoms with Crippen LogP contribution in [0.4, 0.5) is 4.79 Å². The second-order valence-electron chi connectivity index (χ2n) is 8.22. The van der Waals surface area contributed by atoms with Gasteiger partial charge >= 0.3 is 12.1 Å². The molecule has 3 aromatic rings. The van der Waals surface area contributed by atoms with E-state index in [0.29, 0.717) is 0 Å². The third-order valence-corrected chi connectivity index (χ3v) is 6.92. The second-order valence-corrected chi connectivity index (χ2v) is 9.20. The first kappa shape index (κ1) is 24.2. The highest BCUT2D eigenvalue weighted by molar-refractivity contribution is 7.10. The molecular weight excluding hydrogens is 464 g/mol. The summed E-state index contributed by atoms with van der Waals surface area (Å²) in [6.07, 6.45) is 0.698. The number of carboxylic acids is 1. The van der Waals surface area contributed by atoms with Crippen LogP contribution in [0.3, 0.4) is 0 Å². The van der Waals surface area contributed by atoms with E-state index in [1.165, 1.54) is 17.4 Å². The molecule has 1 aliphatic rings. The van der Waals surface area contributed by atoms with Crippen LogP contribution in [0.5, 0.6) is 0 Å². The van der Waals surface area contributed by atoms with Gasteiger partial charge in [-0.25, -0.2) is 4.79 Å². The van der Waals surface area contributed by atoms with Gasteiger partial charge in [-0.05, 0) is 40.1 Å². The van der Waals surface area contributed by atoms with Crippen molar-refractivity contribution in [2.45, 2.75) is 30.8 Å². The zero-order valence-electron chi connectivity index (χ0n) is 19.0. The van der Waals surface area contributed by atoms with E-state index in [2.05, 4.69) is 29.3 Å². The number of benzene rings is 2. The number of carbonyl (C=O) groups excluding carboxylic acids is 2. The van der Waals surface area contributed by atoms with E-state index in [1.807, 2.05) is 41.8 Å². The predicted octanol–water partition coefficient (Wildman–Crippen LogP) is 4.86. The normalized spacial score (nSPS) is 13.7. The van der Waals surface area contributed by atoms with Crippen molar-refractivity contribution in [3.8, 4) is 11.1 Å². The molecule has 2 aromatic carbocycles. The summed E-state index contributed by atoms with van der Waals surface area (Å²) in [5, 5.41) is 16.4. The molecule has 180 valence electrons. The Morgan fingerprint density at radius 1 is 1.00 bits per heavy atom. The van der Waals surface area contributed by atoms with Crippen molar-refractivity contribution in [1.29, 1.82) is 0 Å². The van der Waals surface area contributed by atoms with E-state index in [0.717, 1.165) is 27.1 Å². The van der Waals surface area contributed by atoms with Crippen LogP contribution in [0, 0.1) is 0 Å². The number of hydrogen-bond donors (Lipinski definition) is 3. The molecule has 1 aromatic heterocycles. The standard InChI is InChI=1S/C27H26N2O5S/c1-2-8-22(26(32)28-23(15-25(30)31)24-13-7-14-35-24)29-27(33)34-16-21-19-11-5-3-9-17(19)18-10-4-6-12-20(18)21/h2-7,9-14,21-23H,1,8,15-16H2,(H,28,32)(H,29,33)(H,30,31). The maximum Gasteiger partial charge on any atom is 0.407 e. The Hall–Kier alpha value is -3.91. The smallest absolute Gasteiger partial charge is 0.407 e. The Labute approximate surface area is 207 Å². The summed E-state index contributed by atoms with van der Waals surface area (Å²) in [5.74, 6) is -1.63. The lowest BCUT2D eigenvalue weighted by Crippen LogP contribution is -2.47. The van der Waals surface area contributed by atoms with Crippen molar-refractivity contribution >= 4 is 29.3 Å². The van der Waals surface area contributed by atoms with Crippen LogP contribution in [0.2, 0.25) is 0 Å². The highest BCUT2D eigenvalue weighted by Gasteiger charge is 2.30. The molecule has 0 bridgehead atoms. The van der Waals surface area contributed by atoms with Gasteiger partial charge in [-0.3, -0.25) is 9.59 Å². The number of thiophene rings is 1. The fourth-order valence-corrected chi connectivity index (χ4v) is 5.12. The summed E-state index contributed by atoms with van der Waals surface area (Å²) in [6, 6.07) is 18.0. The van der Waals surface area contributed by atoms with Gasteiger partial charge in [-0.15, -0.1) is 17.9 Å². The van der Waals surface area contributed by atoms with Crippen molar-refractivity contribution in [2.24, 2.45) is 0 Å². The van der Waals surface area contributed by atoms with E-state index in [1.54, 1.807) is 12.1 Å². The van der Waals surface area contributed by atoms with Gasteiger partial charge in [0.15, 0.2) is 0 Å². The first-order valence-electron chi connectivity index (χ1n) is 11.3. The summed E-state index contributed by atoms with van der Waals surface area (Å²) >= 11 is 1.35. The number of rotatable bonds is 10. The van der Waals surface area contributed by atoms with Crippen molar-refractivity contribution in [1.82, 2.24) is 10.6 Å². The van der Waals surface area contributed by atoms with E-state index < -0.39 is 30.1 Å². The molecule has 1 heterocycles. The van der Waals surface area contributed by atoms with Crippen LogP contribution in [-0.2, 0) is 14.3 Å². The number of fused-ring (bicyclic) bond motifs is 3. The molecule has 0 spiro atoms. The molecule has 0 fully saturated rings. The molecule has 7 nitrogen and oxygen atoms in total. The third-order valence-electron chi connectivity index (χ3n) is 5.94. The number of alkyl carbamates (subject to hydrolysis) is 1. The van der Waals surface area contributed by atoms with Crippen LogP contribution in [0.1, 0.15) is 40.8 Å². The van der Waals surface area contributed by atoms with Crippen molar-refractivity contribution < 1.29 is 24.2 Å². The maximum absolute atomic E-state index is 12.9. The SMILES string of the molecule is C=CCC(NC(=O)OCC1c2ccccc2-c2ccccc21)C(=O)NC(CC(=O)O)c1cccs1. The molecule has 2 unspecified atom stereocenters. The summed E-state index contributed by atoms with van der Waals surface area (Å²) in [6.45, 7) is 3.79. The minimum absolute atomic E-state index is 0.0985. The Bertz CT molecular complexity index is 1180. The molecule has 3 N–H and O–H groups in total. The quantitative estimate of drug-likeness (QED) is 0.352. The highest BCUT2D eigenvalue weighted by Crippen LogP contribution is 2.44. The lowest BCUT2D eigenvalue weighted by atomic mass is 9.98. The first-order valence-corrected chi connectivity index (χ1v) is 12.1. The number of carboxylic acid groups (broad SMARTS) is 1. The molecule has 0 radical (unpaired) electrons. The first-order chi connectivity index (χ1) is 17.0. The van der Waals surface area contributed by atoms with Crippen LogP contribution in [-0.4, -0.2) is 35.7 Å². The number of aliphatic carboxylic acids is 1. The highest BCUT2D eigenvalue weighted by atomic mass is 32.1. The molecule has 0 saturated heterocycles. The lowest BCUT2D eigenvalue weighted by molar-refractivity contribution is -0.137. The van der Waals surface area contributed by atoms with Crippen LogP contribution >= 0.6 is 11.3 Å². The second kappa shape index (κ2) is 11.0. The van der Waals surface area contributed by atoms with Crippen molar-refractivity contribution in [3.05, 3.63) is 94.7 Å². The topological polar surface area (TPSA) is 105 Å². The number of ether oxygens (including phenoxy) is 1. The van der Waals surface area contributed by atoms with Crippen molar-refractivity contribution in [2.75, 3.05) is 6.61 Å². The number of carbonyl (C=O) groups is 3. The van der Waals surface area contributed by atoms with Gasteiger partial charge in [0, 0.05) is 10.8 Å². The van der Waals surface area contributed by atoms with Crippen LogP contribution in [0.15, 0.2) is 78.7 Å². The van der Waals surface area contributed by atoms with Gasteiger partial charge in [0.2, 0.25) is 5.91 Å². The Morgan fingerprint density at radius 3 is 2.23 bits per heavy atom. The molecule has 8 heteroatoms. The lowest BCUT2D eigenvalue weighted by Gasteiger charge is -2.22. The van der Waals surface area contributed by atoms with Gasteiger partial charge in [0.05, 0.1) is 12.5 Å². The minimum atomic E-state index is -1.03. The van der Waals surface area contributed by atoms with E-state index >= 15 is 0 Å². The largest absolute Gasteiger partial charge is 0.481 e. The van der Waals surface area contributed by atoms with Gasteiger partial charge in [0.1, 0.15) is 12.6 Å². The molecule has 1 aliphatic carbocycles. The summed E-state index contributed by atoms with van der Waals surface area (Å²) in [7, 11) is 0. The van der Waals surface area contributed by atoms with Crippen molar-refractivity contribution in [3.63, 3.8) is 0 Å². The van der Waals surface area contributed by atoms with Gasteiger partial charge < -0.3 is 20.5 Å². The molecule has 0 saturated carbocycles. The Balaban J connectivity index is 1.41. The average Bonchev–Trinajstić information content (AvgIpc) is 3.49. The molecule has 35 heavy (non-hydrogen) atoms. The Kier molecular flexibility index (Phi) is 7.62.